The van der Waals surface area contributed by atoms with Gasteiger partial charge in [0.15, 0.2) is 0 Å². The third-order valence-electron chi connectivity index (χ3n) is 2.30. The fraction of sp³-hybridized carbons (Fsp3) is 0.500. The SMILES string of the molecule is COCC(CCN)Nc1ccc(S(N)(=O)=O)cn1. The highest BCUT2D eigenvalue weighted by molar-refractivity contribution is 7.89. The average molecular weight is 274 g/mol. The molecule has 1 aromatic rings. The highest BCUT2D eigenvalue weighted by Crippen LogP contribution is 2.10. The van der Waals surface area contributed by atoms with Crippen molar-refractivity contribution in [2.24, 2.45) is 10.9 Å². The van der Waals surface area contributed by atoms with E-state index >= 15 is 0 Å². The minimum Gasteiger partial charge on any atom is -0.383 e. The quantitative estimate of drug-likeness (QED) is 0.616. The minimum atomic E-state index is -3.70. The molecule has 0 fully saturated rings. The van der Waals surface area contributed by atoms with Gasteiger partial charge in [0.1, 0.15) is 10.7 Å². The van der Waals surface area contributed by atoms with E-state index in [4.69, 9.17) is 15.6 Å². The van der Waals surface area contributed by atoms with E-state index in [0.29, 0.717) is 19.0 Å². The second kappa shape index (κ2) is 6.64. The van der Waals surface area contributed by atoms with Crippen LogP contribution >= 0.6 is 0 Å². The van der Waals surface area contributed by atoms with Crippen molar-refractivity contribution in [2.45, 2.75) is 17.4 Å². The number of rotatable bonds is 7. The van der Waals surface area contributed by atoms with Gasteiger partial charge in [-0.05, 0) is 25.1 Å². The lowest BCUT2D eigenvalue weighted by Crippen LogP contribution is -2.28. The molecule has 0 aromatic carbocycles. The van der Waals surface area contributed by atoms with E-state index in [-0.39, 0.29) is 10.9 Å². The van der Waals surface area contributed by atoms with Gasteiger partial charge >= 0.3 is 0 Å². The van der Waals surface area contributed by atoms with Gasteiger partial charge in [-0.3, -0.25) is 0 Å². The molecule has 1 heterocycles. The monoisotopic (exact) mass is 274 g/mol. The van der Waals surface area contributed by atoms with Gasteiger partial charge in [0.25, 0.3) is 0 Å². The predicted octanol–water partition coefficient (Wildman–Crippen LogP) is -0.495. The number of hydrogen-bond donors (Lipinski definition) is 3. The second-order valence-electron chi connectivity index (χ2n) is 3.80. The third kappa shape index (κ3) is 4.57. The van der Waals surface area contributed by atoms with Crippen molar-refractivity contribution in [1.29, 1.82) is 0 Å². The van der Waals surface area contributed by atoms with Crippen LogP contribution in [0.25, 0.3) is 0 Å². The van der Waals surface area contributed by atoms with Crippen LogP contribution in [0.5, 0.6) is 0 Å². The van der Waals surface area contributed by atoms with Crippen LogP contribution in [-0.4, -0.2) is 39.7 Å². The first-order valence-corrected chi connectivity index (χ1v) is 6.96. The molecular weight excluding hydrogens is 256 g/mol. The number of anilines is 1. The van der Waals surface area contributed by atoms with Crippen molar-refractivity contribution in [3.8, 4) is 0 Å². The van der Waals surface area contributed by atoms with E-state index in [0.717, 1.165) is 6.42 Å². The molecule has 7 nitrogen and oxygen atoms in total. The summed E-state index contributed by atoms with van der Waals surface area (Å²) in [6.07, 6.45) is 1.94. The molecule has 1 aromatic heterocycles. The van der Waals surface area contributed by atoms with E-state index in [1.54, 1.807) is 13.2 Å². The summed E-state index contributed by atoms with van der Waals surface area (Å²) in [6.45, 7) is 1.02. The van der Waals surface area contributed by atoms with Crippen molar-refractivity contribution in [3.05, 3.63) is 18.3 Å². The summed E-state index contributed by atoms with van der Waals surface area (Å²) in [5, 5.41) is 8.09. The molecule has 5 N–H and O–H groups in total. The van der Waals surface area contributed by atoms with Crippen molar-refractivity contribution in [2.75, 3.05) is 25.6 Å². The molecule has 8 heteroatoms. The summed E-state index contributed by atoms with van der Waals surface area (Å²) in [6, 6.07) is 2.99. The summed E-state index contributed by atoms with van der Waals surface area (Å²) in [5.41, 5.74) is 5.48. The molecular formula is C10H18N4O3S. The van der Waals surface area contributed by atoms with Crippen LogP contribution < -0.4 is 16.2 Å². The molecule has 0 saturated carbocycles. The van der Waals surface area contributed by atoms with Gasteiger partial charge in [-0.25, -0.2) is 18.5 Å². The number of primary sulfonamides is 1. The molecule has 0 aliphatic carbocycles. The van der Waals surface area contributed by atoms with E-state index < -0.39 is 10.0 Å². The maximum atomic E-state index is 11.1. The van der Waals surface area contributed by atoms with Crippen molar-refractivity contribution >= 4 is 15.8 Å². The number of sulfonamides is 1. The summed E-state index contributed by atoms with van der Waals surface area (Å²) < 4.78 is 27.1. The van der Waals surface area contributed by atoms with Gasteiger partial charge in [0, 0.05) is 13.3 Å². The highest BCUT2D eigenvalue weighted by atomic mass is 32.2. The molecule has 0 radical (unpaired) electrons. The average Bonchev–Trinajstić information content (AvgIpc) is 2.29. The molecule has 1 unspecified atom stereocenters. The number of nitrogens with zero attached hydrogens (tertiary/aromatic N) is 1. The molecule has 0 saturated heterocycles. The smallest absolute Gasteiger partial charge is 0.239 e. The molecule has 102 valence electrons. The van der Waals surface area contributed by atoms with Gasteiger partial charge in [-0.2, -0.15) is 0 Å². The standard InChI is InChI=1S/C10H18N4O3S/c1-17-7-8(4-5-11)14-10-3-2-9(6-13-10)18(12,15)16/h2-3,6,8H,4-5,7,11H2,1H3,(H,13,14)(H2,12,15,16). The fourth-order valence-corrected chi connectivity index (χ4v) is 1.90. The number of hydrogen-bond acceptors (Lipinski definition) is 6. The lowest BCUT2D eigenvalue weighted by Gasteiger charge is -2.17. The largest absolute Gasteiger partial charge is 0.383 e. The number of methoxy groups -OCH3 is 1. The van der Waals surface area contributed by atoms with Crippen LogP contribution in [0.3, 0.4) is 0 Å². The topological polar surface area (TPSA) is 120 Å². The molecule has 18 heavy (non-hydrogen) atoms. The maximum absolute atomic E-state index is 11.1. The Labute approximate surface area is 107 Å². The third-order valence-corrected chi connectivity index (χ3v) is 3.20. The Morgan fingerprint density at radius 3 is 2.67 bits per heavy atom. The zero-order valence-corrected chi connectivity index (χ0v) is 11.0. The summed E-state index contributed by atoms with van der Waals surface area (Å²) in [4.78, 5) is 3.96. The first kappa shape index (κ1) is 14.8. The highest BCUT2D eigenvalue weighted by Gasteiger charge is 2.10. The summed E-state index contributed by atoms with van der Waals surface area (Å²) in [7, 11) is -2.10. The Kier molecular flexibility index (Phi) is 5.48. The van der Waals surface area contributed by atoms with Crippen LogP contribution in [0.4, 0.5) is 5.82 Å². The number of ether oxygens (including phenoxy) is 1. The predicted molar refractivity (Wildman–Crippen MR) is 68.6 cm³/mol. The summed E-state index contributed by atoms with van der Waals surface area (Å²) >= 11 is 0. The minimum absolute atomic E-state index is 0.0184. The van der Waals surface area contributed by atoms with Crippen molar-refractivity contribution in [1.82, 2.24) is 4.98 Å². The number of aromatic nitrogens is 1. The molecule has 0 aliphatic rings. The fourth-order valence-electron chi connectivity index (χ4n) is 1.44. The Bertz CT molecular complexity index is 455. The Morgan fingerprint density at radius 2 is 2.22 bits per heavy atom. The van der Waals surface area contributed by atoms with E-state index in [9.17, 15) is 8.42 Å². The van der Waals surface area contributed by atoms with Crippen LogP contribution in [0.1, 0.15) is 6.42 Å². The first-order valence-electron chi connectivity index (χ1n) is 5.41. The van der Waals surface area contributed by atoms with Crippen LogP contribution in [0.15, 0.2) is 23.2 Å². The Hall–Kier alpha value is -1.22. The van der Waals surface area contributed by atoms with Crippen LogP contribution in [0, 0.1) is 0 Å². The Morgan fingerprint density at radius 1 is 1.50 bits per heavy atom. The normalized spacial score (nSPS) is 13.3. The van der Waals surface area contributed by atoms with E-state index in [2.05, 4.69) is 10.3 Å². The maximum Gasteiger partial charge on any atom is 0.239 e. The van der Waals surface area contributed by atoms with E-state index in [1.165, 1.54) is 12.3 Å². The van der Waals surface area contributed by atoms with Gasteiger partial charge < -0.3 is 15.8 Å². The molecule has 0 bridgehead atoms. The summed E-state index contributed by atoms with van der Waals surface area (Å²) in [5.74, 6) is 0.554. The van der Waals surface area contributed by atoms with Gasteiger partial charge in [0.05, 0.1) is 12.6 Å². The zero-order chi connectivity index (χ0) is 13.6. The number of nitrogens with one attached hydrogen (secondary N) is 1. The molecule has 0 amide bonds. The van der Waals surface area contributed by atoms with Gasteiger partial charge in [-0.15, -0.1) is 0 Å². The van der Waals surface area contributed by atoms with Gasteiger partial charge in [-0.1, -0.05) is 0 Å². The first-order chi connectivity index (χ1) is 8.47. The lowest BCUT2D eigenvalue weighted by molar-refractivity contribution is 0.183. The Balaban J connectivity index is 2.73. The molecule has 0 spiro atoms. The lowest BCUT2D eigenvalue weighted by atomic mass is 10.2. The van der Waals surface area contributed by atoms with Crippen molar-refractivity contribution < 1.29 is 13.2 Å². The molecule has 1 atom stereocenters. The van der Waals surface area contributed by atoms with E-state index in [1.807, 2.05) is 0 Å². The van der Waals surface area contributed by atoms with Crippen molar-refractivity contribution in [3.63, 3.8) is 0 Å². The number of nitrogens with two attached hydrogens (primary N) is 2. The van der Waals surface area contributed by atoms with Crippen LogP contribution in [-0.2, 0) is 14.8 Å². The zero-order valence-electron chi connectivity index (χ0n) is 10.2. The molecule has 0 aliphatic heterocycles. The van der Waals surface area contributed by atoms with Crippen LogP contribution in [0.2, 0.25) is 0 Å². The van der Waals surface area contributed by atoms with Gasteiger partial charge in [0.2, 0.25) is 10.0 Å². The molecule has 1 rings (SSSR count). The number of pyridine rings is 1. The second-order valence-corrected chi connectivity index (χ2v) is 5.36.